The Hall–Kier alpha value is -1.06. The number of hydrogen-bond acceptors (Lipinski definition) is 3. The number of rotatable bonds is 4. The van der Waals surface area contributed by atoms with Crippen LogP contribution in [0.15, 0.2) is 18.2 Å². The van der Waals surface area contributed by atoms with E-state index in [-0.39, 0.29) is 0 Å². The van der Waals surface area contributed by atoms with Crippen LogP contribution in [0.3, 0.4) is 0 Å². The van der Waals surface area contributed by atoms with Crippen LogP contribution in [0, 0.1) is 6.92 Å². The molecule has 1 heterocycles. The molecule has 3 heteroatoms. The second kappa shape index (κ2) is 6.40. The smallest absolute Gasteiger partial charge is 0.0723 e. The average molecular weight is 262 g/mol. The maximum absolute atomic E-state index is 5.77. The lowest BCUT2D eigenvalue weighted by atomic mass is 10.0. The maximum atomic E-state index is 5.77. The van der Waals surface area contributed by atoms with Gasteiger partial charge in [0, 0.05) is 18.8 Å². The second-order valence-electron chi connectivity index (χ2n) is 5.50. The van der Waals surface area contributed by atoms with E-state index >= 15 is 0 Å². The first kappa shape index (κ1) is 14.4. The fourth-order valence-electron chi connectivity index (χ4n) is 2.75. The molecule has 1 aromatic carbocycles. The third-order valence-corrected chi connectivity index (χ3v) is 3.96. The van der Waals surface area contributed by atoms with Crippen molar-refractivity contribution >= 4 is 5.69 Å². The maximum Gasteiger partial charge on any atom is 0.0723 e. The molecule has 1 aliphatic rings. The van der Waals surface area contributed by atoms with Gasteiger partial charge in [-0.15, -0.1) is 0 Å². The van der Waals surface area contributed by atoms with Gasteiger partial charge in [0.05, 0.1) is 18.8 Å². The summed E-state index contributed by atoms with van der Waals surface area (Å²) < 4.78 is 5.77. The number of benzene rings is 1. The summed E-state index contributed by atoms with van der Waals surface area (Å²) >= 11 is 0. The third-order valence-electron chi connectivity index (χ3n) is 3.96. The lowest BCUT2D eigenvalue weighted by Crippen LogP contribution is -2.48. The molecule has 1 aliphatic heterocycles. The van der Waals surface area contributed by atoms with Crippen LogP contribution in [-0.4, -0.2) is 32.3 Å². The van der Waals surface area contributed by atoms with Crippen LogP contribution in [-0.2, 0) is 11.3 Å². The lowest BCUT2D eigenvalue weighted by molar-refractivity contribution is 0.0299. The van der Waals surface area contributed by atoms with Gasteiger partial charge in [0.25, 0.3) is 0 Å². The number of aryl methyl sites for hydroxylation is 1. The molecular weight excluding hydrogens is 236 g/mol. The van der Waals surface area contributed by atoms with E-state index in [1.807, 2.05) is 7.05 Å². The van der Waals surface area contributed by atoms with Gasteiger partial charge in [-0.2, -0.15) is 0 Å². The molecule has 1 saturated heterocycles. The van der Waals surface area contributed by atoms with E-state index in [4.69, 9.17) is 4.74 Å². The molecule has 106 valence electrons. The molecule has 3 nitrogen and oxygen atoms in total. The zero-order valence-electron chi connectivity index (χ0n) is 12.6. The quantitative estimate of drug-likeness (QED) is 0.903. The van der Waals surface area contributed by atoms with Crippen molar-refractivity contribution in [2.45, 2.75) is 45.9 Å². The third kappa shape index (κ3) is 3.28. The number of nitrogens with one attached hydrogen (secondary N) is 1. The summed E-state index contributed by atoms with van der Waals surface area (Å²) in [6, 6.07) is 7.31. The van der Waals surface area contributed by atoms with Crippen molar-refractivity contribution in [3.63, 3.8) is 0 Å². The predicted octanol–water partition coefficient (Wildman–Crippen LogP) is 2.72. The van der Waals surface area contributed by atoms with Crippen LogP contribution < -0.4 is 10.2 Å². The highest BCUT2D eigenvalue weighted by atomic mass is 16.5. The molecule has 1 aromatic rings. The summed E-state index contributed by atoms with van der Waals surface area (Å²) in [7, 11) is 1.99. The van der Waals surface area contributed by atoms with Crippen LogP contribution in [0.5, 0.6) is 0 Å². The zero-order chi connectivity index (χ0) is 13.8. The van der Waals surface area contributed by atoms with Crippen molar-refractivity contribution in [1.82, 2.24) is 5.32 Å². The molecule has 0 aliphatic carbocycles. The highest BCUT2D eigenvalue weighted by molar-refractivity contribution is 5.52. The number of anilines is 1. The Morgan fingerprint density at radius 1 is 1.42 bits per heavy atom. The summed E-state index contributed by atoms with van der Waals surface area (Å²) in [6.45, 7) is 9.35. The molecule has 0 amide bonds. The van der Waals surface area contributed by atoms with Gasteiger partial charge in [-0.1, -0.05) is 13.0 Å². The van der Waals surface area contributed by atoms with Gasteiger partial charge < -0.3 is 15.0 Å². The van der Waals surface area contributed by atoms with Crippen molar-refractivity contribution in [2.75, 3.05) is 25.1 Å². The molecule has 2 rings (SSSR count). The van der Waals surface area contributed by atoms with E-state index in [9.17, 15) is 0 Å². The van der Waals surface area contributed by atoms with Crippen molar-refractivity contribution in [1.29, 1.82) is 0 Å². The summed E-state index contributed by atoms with van der Waals surface area (Å²) in [4.78, 5) is 2.50. The van der Waals surface area contributed by atoms with E-state index in [1.165, 1.54) is 16.8 Å². The molecular formula is C16H26N2O. The van der Waals surface area contributed by atoms with E-state index in [0.717, 1.165) is 26.1 Å². The van der Waals surface area contributed by atoms with Crippen molar-refractivity contribution < 1.29 is 4.74 Å². The molecule has 0 bridgehead atoms. The Labute approximate surface area is 116 Å². The summed E-state index contributed by atoms with van der Waals surface area (Å²) in [5.74, 6) is 0. The average Bonchev–Trinajstić information content (AvgIpc) is 2.41. The number of hydrogen-bond donors (Lipinski definition) is 1. The number of ether oxygens (including phenoxy) is 1. The molecule has 19 heavy (non-hydrogen) atoms. The number of nitrogens with zero attached hydrogens (tertiary/aromatic N) is 1. The Balaban J connectivity index is 2.21. The molecule has 2 atom stereocenters. The van der Waals surface area contributed by atoms with Gasteiger partial charge in [-0.3, -0.25) is 0 Å². The molecule has 0 spiro atoms. The van der Waals surface area contributed by atoms with Gasteiger partial charge in [0.15, 0.2) is 0 Å². The minimum atomic E-state index is 0.320. The standard InChI is InChI=1S/C16H26N2O/c1-5-15-11-19-13(3)10-18(15)16-7-6-14(9-17-4)12(2)8-16/h6-8,13,15,17H,5,9-11H2,1-4H3. The SMILES string of the molecule is CCC1COC(C)CN1c1ccc(CNC)c(C)c1. The second-order valence-corrected chi connectivity index (χ2v) is 5.50. The van der Waals surface area contributed by atoms with Crippen molar-refractivity contribution in [3.05, 3.63) is 29.3 Å². The van der Waals surface area contributed by atoms with Crippen molar-refractivity contribution in [2.24, 2.45) is 0 Å². The van der Waals surface area contributed by atoms with Gasteiger partial charge in [0.2, 0.25) is 0 Å². The van der Waals surface area contributed by atoms with Crippen LogP contribution in [0.1, 0.15) is 31.4 Å². The van der Waals surface area contributed by atoms with Crippen LogP contribution in [0.25, 0.3) is 0 Å². The van der Waals surface area contributed by atoms with Gasteiger partial charge in [0.1, 0.15) is 0 Å². The van der Waals surface area contributed by atoms with Crippen molar-refractivity contribution in [3.8, 4) is 0 Å². The van der Waals surface area contributed by atoms with Crippen LogP contribution >= 0.6 is 0 Å². The fraction of sp³-hybridized carbons (Fsp3) is 0.625. The van der Waals surface area contributed by atoms with Gasteiger partial charge >= 0.3 is 0 Å². The van der Waals surface area contributed by atoms with E-state index in [1.54, 1.807) is 0 Å². The fourth-order valence-corrected chi connectivity index (χ4v) is 2.75. The molecule has 0 saturated carbocycles. The van der Waals surface area contributed by atoms with E-state index in [0.29, 0.717) is 12.1 Å². The summed E-state index contributed by atoms with van der Waals surface area (Å²) in [6.07, 6.45) is 1.45. The molecule has 0 aromatic heterocycles. The Kier molecular flexibility index (Phi) is 4.83. The predicted molar refractivity (Wildman–Crippen MR) is 80.8 cm³/mol. The molecule has 1 fully saturated rings. The summed E-state index contributed by atoms with van der Waals surface area (Å²) in [5.41, 5.74) is 4.07. The van der Waals surface area contributed by atoms with Crippen LogP contribution in [0.2, 0.25) is 0 Å². The highest BCUT2D eigenvalue weighted by Crippen LogP contribution is 2.25. The van der Waals surface area contributed by atoms with Crippen LogP contribution in [0.4, 0.5) is 5.69 Å². The highest BCUT2D eigenvalue weighted by Gasteiger charge is 2.25. The summed E-state index contributed by atoms with van der Waals surface area (Å²) in [5, 5.41) is 3.22. The zero-order valence-corrected chi connectivity index (χ0v) is 12.6. The first-order valence-corrected chi connectivity index (χ1v) is 7.28. The topological polar surface area (TPSA) is 24.5 Å². The normalized spacial score (nSPS) is 23.7. The minimum Gasteiger partial charge on any atom is -0.375 e. The van der Waals surface area contributed by atoms with Gasteiger partial charge in [-0.05, 0) is 50.6 Å². The van der Waals surface area contributed by atoms with E-state index in [2.05, 4.69) is 49.2 Å². The lowest BCUT2D eigenvalue weighted by Gasteiger charge is -2.40. The first-order valence-electron chi connectivity index (χ1n) is 7.28. The first-order chi connectivity index (χ1) is 9.15. The number of morpholine rings is 1. The molecule has 1 N–H and O–H groups in total. The Morgan fingerprint density at radius 2 is 2.21 bits per heavy atom. The monoisotopic (exact) mass is 262 g/mol. The molecule has 0 radical (unpaired) electrons. The Bertz CT molecular complexity index is 419. The minimum absolute atomic E-state index is 0.320. The largest absolute Gasteiger partial charge is 0.375 e. The van der Waals surface area contributed by atoms with Gasteiger partial charge in [-0.25, -0.2) is 0 Å². The Morgan fingerprint density at radius 3 is 2.84 bits per heavy atom. The molecule has 2 unspecified atom stereocenters. The van der Waals surface area contributed by atoms with E-state index < -0.39 is 0 Å².